The third-order valence-electron chi connectivity index (χ3n) is 15.3. The number of unbranched alkanes of at least 4 members (excludes halogenated alkanes) is 6. The Bertz CT molecular complexity index is 2600. The van der Waals surface area contributed by atoms with Crippen LogP contribution in [0.5, 0.6) is 0 Å². The lowest BCUT2D eigenvalue weighted by Gasteiger charge is -2.06. The minimum atomic E-state index is 0. The van der Waals surface area contributed by atoms with E-state index in [1.807, 2.05) is 18.5 Å². The molecule has 0 atom stereocenters. The van der Waals surface area contributed by atoms with E-state index in [9.17, 15) is 0 Å². The molecule has 0 fully saturated rings. The van der Waals surface area contributed by atoms with E-state index in [1.165, 1.54) is 33.4 Å². The Labute approximate surface area is 578 Å². The maximum absolute atomic E-state index is 6.06. The van der Waals surface area contributed by atoms with Crippen molar-refractivity contribution in [2.24, 2.45) is 0 Å². The molecular weight excluding hydrogens is 1260 g/mol. The van der Waals surface area contributed by atoms with E-state index < -0.39 is 0 Å². The summed E-state index contributed by atoms with van der Waals surface area (Å²) in [6.45, 7) is 14.9. The predicted molar refractivity (Wildman–Crippen MR) is 338 cm³/mol. The summed E-state index contributed by atoms with van der Waals surface area (Å²) in [6, 6.07) is 26.2. The second-order valence-corrected chi connectivity index (χ2v) is 23.2. The van der Waals surface area contributed by atoms with Crippen LogP contribution in [0, 0.1) is 0 Å². The number of pyridine rings is 6. The Balaban J connectivity index is 0.00000810. The maximum Gasteiger partial charge on any atom is 0.171 e. The molecule has 0 aromatic carbocycles. The summed E-state index contributed by atoms with van der Waals surface area (Å²) in [4.78, 5) is 4.19. The molecule has 0 saturated carbocycles. The first-order valence-corrected chi connectivity index (χ1v) is 33.5. The molecule has 18 heteroatoms. The zero-order valence-corrected chi connectivity index (χ0v) is 58.5. The van der Waals surface area contributed by atoms with Gasteiger partial charge in [-0.1, -0.05) is 6.07 Å². The first-order chi connectivity index (χ1) is 42.2. The standard InChI is InChI=1S/C72H108ClN6O6.5ClH/c73-37-1-7-49-80-56-20-32-68-26-14-44-76(62-68)40-3-9-51-82-58-22-34-70-28-16-46-78(64-70)42-5-11-53-84-60-24-36-72-30-18-48-79(66-72)43-6-12-54-85-59-23-35-71-29-17-47-77(65-71)41-4-10-52-83-57-21-33-69-27-15-45-75(63-69)39-2-8-50-81-55-19-31-67-25-13-38-74-61-67;;;;;/h13-18,25-30,38,44-48,61-66H,1-12,19-24,31-37,39-43,49-60H2;5*1H/q+5;;;;;/p-5. The van der Waals surface area contributed by atoms with Gasteiger partial charge in [-0.2, -0.15) is 0 Å². The highest BCUT2D eigenvalue weighted by molar-refractivity contribution is 6.17. The van der Waals surface area contributed by atoms with Crippen LogP contribution in [0.4, 0.5) is 0 Å². The topological polar surface area (TPSA) is 87.7 Å². The van der Waals surface area contributed by atoms with Gasteiger partial charge in [-0.15, -0.1) is 11.6 Å². The van der Waals surface area contributed by atoms with Crippen LogP contribution in [-0.4, -0.2) is 90.1 Å². The fourth-order valence-electron chi connectivity index (χ4n) is 10.5. The van der Waals surface area contributed by atoms with E-state index in [0.717, 1.165) is 272 Å². The van der Waals surface area contributed by atoms with E-state index in [0.29, 0.717) is 0 Å². The number of aryl methyl sites for hydroxylation is 11. The zero-order chi connectivity index (χ0) is 59.0. The van der Waals surface area contributed by atoms with Gasteiger partial charge in [0, 0.05) is 188 Å². The molecule has 90 heavy (non-hydrogen) atoms. The summed E-state index contributed by atoms with van der Waals surface area (Å²) >= 11 is 5.74. The Morgan fingerprint density at radius 3 is 0.722 bits per heavy atom. The van der Waals surface area contributed by atoms with Crippen LogP contribution in [0.3, 0.4) is 0 Å². The molecule has 504 valence electrons. The van der Waals surface area contributed by atoms with Crippen molar-refractivity contribution >= 4 is 11.6 Å². The number of hydrogen-bond donors (Lipinski definition) is 0. The lowest BCUT2D eigenvalue weighted by molar-refractivity contribution is -0.698. The van der Waals surface area contributed by atoms with Crippen LogP contribution in [-0.2, 0) is 99.7 Å². The average Bonchev–Trinajstić information content (AvgIpc) is 3.61. The number of hydrogen-bond acceptors (Lipinski definition) is 7. The number of nitrogens with zero attached hydrogens (tertiary/aromatic N) is 6. The monoisotopic (exact) mass is 1360 g/mol. The third-order valence-corrected chi connectivity index (χ3v) is 15.6. The number of rotatable bonds is 53. The zero-order valence-electron chi connectivity index (χ0n) is 54.0. The first kappa shape index (κ1) is 84.4. The molecular formula is C72H108Cl6N6O6. The number of ether oxygens (including phenoxy) is 6. The van der Waals surface area contributed by atoms with Crippen LogP contribution in [0.2, 0.25) is 0 Å². The number of aromatic nitrogens is 6. The predicted octanol–water partition coefficient (Wildman–Crippen LogP) is -3.34. The van der Waals surface area contributed by atoms with Gasteiger partial charge in [0.15, 0.2) is 62.0 Å². The highest BCUT2D eigenvalue weighted by Crippen LogP contribution is 2.08. The summed E-state index contributed by atoms with van der Waals surface area (Å²) in [5.74, 6) is 0.719. The van der Waals surface area contributed by atoms with Gasteiger partial charge in [-0.25, -0.2) is 22.8 Å². The third kappa shape index (κ3) is 41.9. The molecule has 0 unspecified atom stereocenters. The molecule has 6 aromatic heterocycles. The van der Waals surface area contributed by atoms with Gasteiger partial charge in [0.05, 0.1) is 0 Å². The fraction of sp³-hybridized carbons (Fsp3) is 0.583. The van der Waals surface area contributed by atoms with Gasteiger partial charge < -0.3 is 90.5 Å². The second kappa shape index (κ2) is 58.0. The van der Waals surface area contributed by atoms with Gasteiger partial charge >= 0.3 is 0 Å². The van der Waals surface area contributed by atoms with Crippen molar-refractivity contribution in [3.63, 3.8) is 0 Å². The number of alkyl halides is 1. The normalized spacial score (nSPS) is 10.9. The van der Waals surface area contributed by atoms with E-state index in [-0.39, 0.29) is 62.0 Å². The Kier molecular flexibility index (Phi) is 54.4. The molecule has 6 heterocycles. The Morgan fingerprint density at radius 2 is 0.489 bits per heavy atom. The van der Waals surface area contributed by atoms with Crippen LogP contribution in [0.15, 0.2) is 147 Å². The van der Waals surface area contributed by atoms with E-state index in [4.69, 9.17) is 40.0 Å². The minimum absolute atomic E-state index is 0. The van der Waals surface area contributed by atoms with Crippen LogP contribution in [0.1, 0.15) is 149 Å². The summed E-state index contributed by atoms with van der Waals surface area (Å²) in [7, 11) is 0. The largest absolute Gasteiger partial charge is 1.00 e. The fourth-order valence-corrected chi connectivity index (χ4v) is 10.7. The SMILES string of the molecule is ClCCCCOCCCc1ccc[n+](CCCCOCCCc2ccc[n+](CCCCOCCCc3ccc[n+](CCCCOCCCc4ccc[n+](CCCCOCCCc5ccc[n+](CCCCOCCCc6cccnc6)c5)c4)c3)c2)c1.[Cl-].[Cl-].[Cl-].[Cl-].[Cl-]. The van der Waals surface area contributed by atoms with Gasteiger partial charge in [-0.3, -0.25) is 4.98 Å². The smallest absolute Gasteiger partial charge is 0.171 e. The Morgan fingerprint density at radius 1 is 0.267 bits per heavy atom. The van der Waals surface area contributed by atoms with Crippen molar-refractivity contribution in [3.8, 4) is 0 Å². The maximum atomic E-state index is 6.06. The molecule has 0 bridgehead atoms. The molecule has 0 aliphatic carbocycles. The molecule has 0 radical (unpaired) electrons. The van der Waals surface area contributed by atoms with Crippen molar-refractivity contribution in [1.82, 2.24) is 4.98 Å². The molecule has 0 aliphatic heterocycles. The second-order valence-electron chi connectivity index (χ2n) is 22.8. The van der Waals surface area contributed by atoms with E-state index in [1.54, 1.807) is 0 Å². The quantitative estimate of drug-likeness (QED) is 0.0225. The molecule has 6 aromatic rings. The van der Waals surface area contributed by atoms with Crippen molar-refractivity contribution in [2.45, 2.75) is 187 Å². The van der Waals surface area contributed by atoms with Gasteiger partial charge in [0.1, 0.15) is 32.7 Å². The summed E-state index contributed by atoms with van der Waals surface area (Å²) in [5.41, 5.74) is 8.17. The van der Waals surface area contributed by atoms with Crippen molar-refractivity contribution in [2.75, 3.05) is 85.2 Å². The first-order valence-electron chi connectivity index (χ1n) is 33.0. The summed E-state index contributed by atoms with van der Waals surface area (Å²) < 4.78 is 47.4. The van der Waals surface area contributed by atoms with Crippen molar-refractivity contribution < 1.29 is 113 Å². The molecule has 0 amide bonds. The molecule has 0 spiro atoms. The van der Waals surface area contributed by atoms with Gasteiger partial charge in [0.25, 0.3) is 0 Å². The van der Waals surface area contributed by atoms with Crippen LogP contribution < -0.4 is 84.9 Å². The molecule has 0 N–H and O–H groups in total. The lowest BCUT2D eigenvalue weighted by atomic mass is 10.1. The molecule has 12 nitrogen and oxygen atoms in total. The van der Waals surface area contributed by atoms with E-state index >= 15 is 0 Å². The van der Waals surface area contributed by atoms with E-state index in [2.05, 4.69) is 157 Å². The molecule has 6 rings (SSSR count). The highest BCUT2D eigenvalue weighted by atomic mass is 35.5. The van der Waals surface area contributed by atoms with Crippen LogP contribution >= 0.6 is 11.6 Å². The van der Waals surface area contributed by atoms with Gasteiger partial charge in [0.2, 0.25) is 0 Å². The average molecular weight is 1370 g/mol. The van der Waals surface area contributed by atoms with Crippen molar-refractivity contribution in [1.29, 1.82) is 0 Å². The minimum Gasteiger partial charge on any atom is -1.00 e. The van der Waals surface area contributed by atoms with Crippen LogP contribution in [0.25, 0.3) is 0 Å². The van der Waals surface area contributed by atoms with Gasteiger partial charge in [-0.05, 0) is 164 Å². The molecule has 0 aliphatic rings. The summed E-state index contributed by atoms with van der Waals surface area (Å²) in [5, 5.41) is 0. The Hall–Kier alpha value is -3.60. The molecule has 0 saturated heterocycles. The van der Waals surface area contributed by atoms with Crippen molar-refractivity contribution in [3.05, 3.63) is 181 Å². The highest BCUT2D eigenvalue weighted by Gasteiger charge is 2.10. The lowest BCUT2D eigenvalue weighted by Crippen LogP contribution is -3.00. The summed E-state index contributed by atoms with van der Waals surface area (Å²) in [6.07, 6.45) is 51.8. The number of halogens is 6.